The molecule has 1 amide bonds. The van der Waals surface area contributed by atoms with Crippen molar-refractivity contribution in [2.24, 2.45) is 11.8 Å². The van der Waals surface area contributed by atoms with Crippen LogP contribution in [0.3, 0.4) is 0 Å². The molecule has 1 saturated carbocycles. The molecule has 3 aliphatic rings. The van der Waals surface area contributed by atoms with E-state index in [1.54, 1.807) is 0 Å². The summed E-state index contributed by atoms with van der Waals surface area (Å²) in [6.45, 7) is 1.25. The summed E-state index contributed by atoms with van der Waals surface area (Å²) in [6.07, 6.45) is 2.46. The first kappa shape index (κ1) is 17.6. The predicted molar refractivity (Wildman–Crippen MR) is 88.4 cm³/mol. The molecule has 1 aromatic rings. The largest absolute Gasteiger partial charge is 0.411 e. The molecule has 6 nitrogen and oxygen atoms in total. The maximum absolute atomic E-state index is 13.5. The number of piperidine rings is 1. The topological polar surface area (TPSA) is 63.1 Å². The highest BCUT2D eigenvalue weighted by Crippen LogP contribution is 2.41. The maximum atomic E-state index is 13.5. The van der Waals surface area contributed by atoms with E-state index in [0.29, 0.717) is 6.54 Å². The fourth-order valence-electron chi connectivity index (χ4n) is 4.70. The number of anilines is 1. The Morgan fingerprint density at radius 1 is 1.19 bits per heavy atom. The van der Waals surface area contributed by atoms with E-state index in [-0.39, 0.29) is 36.2 Å². The summed E-state index contributed by atoms with van der Waals surface area (Å²) < 4.78 is 41.3. The van der Waals surface area contributed by atoms with Crippen LogP contribution in [0.25, 0.3) is 0 Å². The molecule has 0 spiro atoms. The van der Waals surface area contributed by atoms with Crippen molar-refractivity contribution in [1.82, 2.24) is 19.7 Å². The van der Waals surface area contributed by atoms with Gasteiger partial charge < -0.3 is 10.2 Å². The molecule has 3 atom stereocenters. The fourth-order valence-corrected chi connectivity index (χ4v) is 4.70. The monoisotopic (exact) mass is 371 g/mol. The van der Waals surface area contributed by atoms with E-state index in [1.165, 1.54) is 0 Å². The van der Waals surface area contributed by atoms with Crippen molar-refractivity contribution in [3.05, 3.63) is 6.33 Å². The molecule has 0 bridgehead atoms. The lowest BCUT2D eigenvalue weighted by Crippen LogP contribution is -2.50. The van der Waals surface area contributed by atoms with Crippen molar-refractivity contribution < 1.29 is 18.0 Å². The van der Waals surface area contributed by atoms with Crippen LogP contribution < -0.4 is 5.32 Å². The smallest absolute Gasteiger partial charge is 0.351 e. The van der Waals surface area contributed by atoms with Gasteiger partial charge in [0, 0.05) is 25.0 Å². The second kappa shape index (κ2) is 6.74. The first-order chi connectivity index (χ1) is 12.4. The molecule has 0 aromatic carbocycles. The molecule has 1 saturated heterocycles. The van der Waals surface area contributed by atoms with Gasteiger partial charge in [-0.1, -0.05) is 12.8 Å². The second-order valence-corrected chi connectivity index (χ2v) is 7.74. The minimum absolute atomic E-state index is 0.00408. The van der Waals surface area contributed by atoms with Crippen LogP contribution in [0.4, 0.5) is 19.1 Å². The number of amides is 1. The average Bonchev–Trinajstić information content (AvgIpc) is 3.31. The van der Waals surface area contributed by atoms with Gasteiger partial charge >= 0.3 is 6.18 Å². The number of carbonyl (C=O) groups is 1. The van der Waals surface area contributed by atoms with Crippen LogP contribution in [0, 0.1) is 11.8 Å². The number of hydrogen-bond donors (Lipinski definition) is 1. The zero-order valence-electron chi connectivity index (χ0n) is 14.6. The molecule has 9 heteroatoms. The number of halogens is 3. The van der Waals surface area contributed by atoms with Crippen LogP contribution >= 0.6 is 0 Å². The Hall–Kier alpha value is -1.80. The summed E-state index contributed by atoms with van der Waals surface area (Å²) in [5, 5.41) is 6.87. The molecule has 2 fully saturated rings. The van der Waals surface area contributed by atoms with Crippen LogP contribution in [-0.2, 0) is 4.79 Å². The molecule has 4 rings (SSSR count). The lowest BCUT2D eigenvalue weighted by Gasteiger charge is -2.41. The lowest BCUT2D eigenvalue weighted by atomic mass is 9.85. The number of hydrogen-bond acceptors (Lipinski definition) is 4. The van der Waals surface area contributed by atoms with Gasteiger partial charge in [0.15, 0.2) is 6.04 Å². The number of nitrogens with one attached hydrogen (secondary N) is 1. The van der Waals surface area contributed by atoms with Gasteiger partial charge in [-0.05, 0) is 38.0 Å². The van der Waals surface area contributed by atoms with Crippen LogP contribution in [0.2, 0.25) is 0 Å². The highest BCUT2D eigenvalue weighted by Gasteiger charge is 2.48. The summed E-state index contributed by atoms with van der Waals surface area (Å²) in [4.78, 5) is 18.5. The zero-order chi connectivity index (χ0) is 18.3. The molecule has 1 N–H and O–H groups in total. The number of carbonyl (C=O) groups excluding carboxylic acids is 1. The third-order valence-electron chi connectivity index (χ3n) is 6.08. The van der Waals surface area contributed by atoms with Crippen molar-refractivity contribution in [2.75, 3.05) is 18.4 Å². The van der Waals surface area contributed by atoms with Gasteiger partial charge in [0.05, 0.1) is 0 Å². The number of rotatable bonds is 2. The third kappa shape index (κ3) is 3.27. The molecule has 26 heavy (non-hydrogen) atoms. The fraction of sp³-hybridized carbons (Fsp3) is 0.824. The minimum atomic E-state index is -4.36. The number of likely N-dealkylation sites (tertiary alicyclic amines) is 1. The molecule has 3 heterocycles. The highest BCUT2D eigenvalue weighted by atomic mass is 19.4. The Kier molecular flexibility index (Phi) is 4.56. The van der Waals surface area contributed by atoms with Crippen molar-refractivity contribution >= 4 is 11.9 Å². The Morgan fingerprint density at radius 3 is 2.69 bits per heavy atom. The Balaban J connectivity index is 1.48. The molecule has 1 aliphatic carbocycles. The van der Waals surface area contributed by atoms with Crippen molar-refractivity contribution in [1.29, 1.82) is 0 Å². The van der Waals surface area contributed by atoms with Gasteiger partial charge in [-0.15, -0.1) is 0 Å². The van der Waals surface area contributed by atoms with Crippen LogP contribution in [0.15, 0.2) is 6.33 Å². The number of fused-ring (bicyclic) bond motifs is 1. The van der Waals surface area contributed by atoms with Gasteiger partial charge in [0.25, 0.3) is 0 Å². The third-order valence-corrected chi connectivity index (χ3v) is 6.08. The van der Waals surface area contributed by atoms with Crippen LogP contribution in [0.5, 0.6) is 0 Å². The zero-order valence-corrected chi connectivity index (χ0v) is 14.6. The summed E-state index contributed by atoms with van der Waals surface area (Å²) >= 11 is 0. The van der Waals surface area contributed by atoms with E-state index in [1.807, 2.05) is 4.90 Å². The summed E-state index contributed by atoms with van der Waals surface area (Å²) in [7, 11) is 0. The van der Waals surface area contributed by atoms with E-state index in [4.69, 9.17) is 0 Å². The van der Waals surface area contributed by atoms with Gasteiger partial charge in [-0.25, -0.2) is 4.68 Å². The molecule has 1 aromatic heterocycles. The summed E-state index contributed by atoms with van der Waals surface area (Å²) in [5.41, 5.74) is 0. The van der Waals surface area contributed by atoms with Gasteiger partial charge in [-0.3, -0.25) is 4.79 Å². The first-order valence-electron chi connectivity index (χ1n) is 9.45. The SMILES string of the molecule is O=C(C1CCCC1)N1CCC[C@H]([C@@H]2C[C@H](C(F)(F)F)n3ncnc3N2)C1. The Bertz CT molecular complexity index is 655. The number of aromatic nitrogens is 3. The molecular formula is C17H24F3N5O. The average molecular weight is 371 g/mol. The Labute approximate surface area is 150 Å². The Morgan fingerprint density at radius 2 is 1.96 bits per heavy atom. The summed E-state index contributed by atoms with van der Waals surface area (Å²) in [5.74, 6) is 0.477. The first-order valence-corrected chi connectivity index (χ1v) is 9.45. The predicted octanol–water partition coefficient (Wildman–Crippen LogP) is 2.99. The number of alkyl halides is 3. The normalized spacial score (nSPS) is 30.1. The van der Waals surface area contributed by atoms with E-state index >= 15 is 0 Å². The molecule has 2 aliphatic heterocycles. The van der Waals surface area contributed by atoms with E-state index in [0.717, 1.165) is 56.1 Å². The quantitative estimate of drug-likeness (QED) is 0.868. The van der Waals surface area contributed by atoms with E-state index < -0.39 is 12.2 Å². The maximum Gasteiger partial charge on any atom is 0.411 e. The standard InChI is InChI=1S/C17H24F3N5O/c18-17(19,20)14-8-13(23-16-21-10-22-25(14)16)12-6-3-7-24(9-12)15(26)11-4-1-2-5-11/h10-14H,1-9H2,(H,21,22,23)/t12-,13-,14+/m0/s1. The van der Waals surface area contributed by atoms with E-state index in [2.05, 4.69) is 15.4 Å². The van der Waals surface area contributed by atoms with E-state index in [9.17, 15) is 18.0 Å². The molecular weight excluding hydrogens is 347 g/mol. The van der Waals surface area contributed by atoms with Crippen LogP contribution in [0.1, 0.15) is 51.0 Å². The molecule has 0 unspecified atom stereocenters. The minimum Gasteiger partial charge on any atom is -0.351 e. The lowest BCUT2D eigenvalue weighted by molar-refractivity contribution is -0.175. The molecule has 144 valence electrons. The van der Waals surface area contributed by atoms with Crippen molar-refractivity contribution in [3.63, 3.8) is 0 Å². The van der Waals surface area contributed by atoms with Crippen molar-refractivity contribution in [2.45, 2.75) is 63.2 Å². The van der Waals surface area contributed by atoms with Crippen LogP contribution in [-0.4, -0.2) is 50.9 Å². The molecule has 0 radical (unpaired) electrons. The highest BCUT2D eigenvalue weighted by molar-refractivity contribution is 5.79. The second-order valence-electron chi connectivity index (χ2n) is 7.74. The van der Waals surface area contributed by atoms with Crippen molar-refractivity contribution in [3.8, 4) is 0 Å². The number of nitrogens with zero attached hydrogens (tertiary/aromatic N) is 4. The van der Waals surface area contributed by atoms with Gasteiger partial charge in [0.1, 0.15) is 6.33 Å². The van der Waals surface area contributed by atoms with Gasteiger partial charge in [-0.2, -0.15) is 23.3 Å². The summed E-state index contributed by atoms with van der Waals surface area (Å²) in [6, 6.07) is -2.01. The van der Waals surface area contributed by atoms with Gasteiger partial charge in [0.2, 0.25) is 11.9 Å².